The highest BCUT2D eigenvalue weighted by Gasteiger charge is 2.29. The van der Waals surface area contributed by atoms with Gasteiger partial charge in [0.2, 0.25) is 10.0 Å². The minimum absolute atomic E-state index is 0.0176. The van der Waals surface area contributed by atoms with E-state index in [2.05, 4.69) is 4.98 Å². The van der Waals surface area contributed by atoms with Gasteiger partial charge in [-0.1, -0.05) is 32.8 Å². The number of hydrogen-bond donors (Lipinski definition) is 0. The molecule has 0 N–H and O–H groups in total. The van der Waals surface area contributed by atoms with Crippen molar-refractivity contribution in [3.8, 4) is 0 Å². The van der Waals surface area contributed by atoms with Crippen LogP contribution in [-0.4, -0.2) is 48.1 Å². The molecule has 0 unspecified atom stereocenters. The number of rotatable bonds is 6. The van der Waals surface area contributed by atoms with Crippen LogP contribution in [0.3, 0.4) is 0 Å². The van der Waals surface area contributed by atoms with Crippen LogP contribution in [0.25, 0.3) is 0 Å². The quantitative estimate of drug-likeness (QED) is 0.718. The highest BCUT2D eigenvalue weighted by molar-refractivity contribution is 7.89. The number of aromatic nitrogens is 1. The molecule has 156 valence electrons. The summed E-state index contributed by atoms with van der Waals surface area (Å²) in [4.78, 5) is 19.6. The van der Waals surface area contributed by atoms with Gasteiger partial charge in [-0.2, -0.15) is 4.31 Å². The summed E-state index contributed by atoms with van der Waals surface area (Å²) in [5.74, 6) is -0.120. The molecule has 0 spiro atoms. The van der Waals surface area contributed by atoms with Crippen LogP contribution in [0.1, 0.15) is 61.5 Å². The average Bonchev–Trinajstić information content (AvgIpc) is 3.01. The Morgan fingerprint density at radius 1 is 1.10 bits per heavy atom. The summed E-state index contributed by atoms with van der Waals surface area (Å²) in [6.45, 7) is 5.08. The largest absolute Gasteiger partial charge is 0.332 e. The molecule has 6 nitrogen and oxygen atoms in total. The van der Waals surface area contributed by atoms with Gasteiger partial charge in [0, 0.05) is 37.6 Å². The molecule has 1 aromatic carbocycles. The van der Waals surface area contributed by atoms with Crippen LogP contribution in [0, 0.1) is 0 Å². The molecule has 0 saturated carbocycles. The number of nitrogens with zero attached hydrogens (tertiary/aromatic N) is 3. The van der Waals surface area contributed by atoms with E-state index in [-0.39, 0.29) is 16.8 Å². The highest BCUT2D eigenvalue weighted by Crippen LogP contribution is 2.31. The van der Waals surface area contributed by atoms with Crippen molar-refractivity contribution < 1.29 is 13.2 Å². The number of sulfonamides is 1. The molecule has 3 rings (SSSR count). The van der Waals surface area contributed by atoms with Crippen LogP contribution in [0.2, 0.25) is 0 Å². The van der Waals surface area contributed by atoms with Gasteiger partial charge in [0.1, 0.15) is 0 Å². The van der Waals surface area contributed by atoms with Crippen molar-refractivity contribution in [2.24, 2.45) is 0 Å². The van der Waals surface area contributed by atoms with E-state index in [1.165, 1.54) is 10.4 Å². The Balaban J connectivity index is 1.94. The Labute approximate surface area is 173 Å². The maximum atomic E-state index is 13.4. The maximum Gasteiger partial charge on any atom is 0.254 e. The molecule has 7 heteroatoms. The third-order valence-corrected chi connectivity index (χ3v) is 7.57. The molecule has 1 aliphatic rings. The van der Waals surface area contributed by atoms with Gasteiger partial charge in [-0.25, -0.2) is 8.42 Å². The minimum atomic E-state index is -3.61. The van der Waals surface area contributed by atoms with E-state index >= 15 is 0 Å². The SMILES string of the molecule is CCN(CC)S(=O)(=O)c1cccc(C(=O)N2CCCCC[C@@H]2c2ccncc2)c1. The maximum absolute atomic E-state index is 13.4. The predicted octanol–water partition coefficient (Wildman–Crippen LogP) is 3.87. The van der Waals surface area contributed by atoms with Crippen molar-refractivity contribution in [3.63, 3.8) is 0 Å². The van der Waals surface area contributed by atoms with Gasteiger partial charge in [-0.3, -0.25) is 9.78 Å². The molecule has 1 aromatic heterocycles. The van der Waals surface area contributed by atoms with Crippen molar-refractivity contribution in [1.82, 2.24) is 14.2 Å². The zero-order valence-corrected chi connectivity index (χ0v) is 17.9. The zero-order chi connectivity index (χ0) is 20.9. The molecule has 1 saturated heterocycles. The molecule has 2 heterocycles. The summed E-state index contributed by atoms with van der Waals surface area (Å²) in [5.41, 5.74) is 1.49. The number of amides is 1. The average molecular weight is 416 g/mol. The van der Waals surface area contributed by atoms with E-state index in [1.54, 1.807) is 30.6 Å². The molecule has 1 aliphatic heterocycles. The van der Waals surface area contributed by atoms with Crippen molar-refractivity contribution in [2.75, 3.05) is 19.6 Å². The number of carbonyl (C=O) groups is 1. The molecule has 2 aromatic rings. The number of pyridine rings is 1. The van der Waals surface area contributed by atoms with Crippen LogP contribution in [0.5, 0.6) is 0 Å². The fraction of sp³-hybridized carbons (Fsp3) is 0.455. The first kappa shape index (κ1) is 21.5. The van der Waals surface area contributed by atoms with E-state index in [0.717, 1.165) is 31.2 Å². The Morgan fingerprint density at radius 3 is 2.52 bits per heavy atom. The predicted molar refractivity (Wildman–Crippen MR) is 113 cm³/mol. The first-order valence-electron chi connectivity index (χ1n) is 10.3. The molecule has 0 bridgehead atoms. The monoisotopic (exact) mass is 415 g/mol. The summed E-state index contributed by atoms with van der Waals surface area (Å²) in [5, 5.41) is 0. The van der Waals surface area contributed by atoms with Crippen molar-refractivity contribution in [1.29, 1.82) is 0 Å². The number of carbonyl (C=O) groups excluding carboxylic acids is 1. The van der Waals surface area contributed by atoms with Gasteiger partial charge in [0.25, 0.3) is 5.91 Å². The lowest BCUT2D eigenvalue weighted by Gasteiger charge is -2.30. The Bertz CT molecular complexity index is 927. The normalized spacial score (nSPS) is 17.9. The standard InChI is InChI=1S/C22H29N3O3S/c1-3-24(4-2)29(27,28)20-10-8-9-19(17-20)22(26)25-16-7-5-6-11-21(25)18-12-14-23-15-13-18/h8-10,12-15,17,21H,3-7,11,16H2,1-2H3/t21-/m1/s1. The van der Waals surface area contributed by atoms with E-state index in [4.69, 9.17) is 0 Å². The van der Waals surface area contributed by atoms with Crippen molar-refractivity contribution in [3.05, 3.63) is 59.9 Å². The smallest absolute Gasteiger partial charge is 0.254 e. The molecule has 29 heavy (non-hydrogen) atoms. The molecule has 1 atom stereocenters. The van der Waals surface area contributed by atoms with Gasteiger partial charge >= 0.3 is 0 Å². The molecular weight excluding hydrogens is 386 g/mol. The summed E-state index contributed by atoms with van der Waals surface area (Å²) >= 11 is 0. The minimum Gasteiger partial charge on any atom is -0.332 e. The van der Waals surface area contributed by atoms with E-state index in [9.17, 15) is 13.2 Å². The lowest BCUT2D eigenvalue weighted by molar-refractivity contribution is 0.0680. The van der Waals surface area contributed by atoms with Gasteiger partial charge in [0.15, 0.2) is 0 Å². The second-order valence-electron chi connectivity index (χ2n) is 7.26. The zero-order valence-electron chi connectivity index (χ0n) is 17.1. The molecular formula is C22H29N3O3S. The third-order valence-electron chi connectivity index (χ3n) is 5.53. The molecule has 1 fully saturated rings. The summed E-state index contributed by atoms with van der Waals surface area (Å²) in [7, 11) is -3.61. The third kappa shape index (κ3) is 4.67. The second-order valence-corrected chi connectivity index (χ2v) is 9.20. The van der Waals surface area contributed by atoms with Crippen LogP contribution >= 0.6 is 0 Å². The van der Waals surface area contributed by atoms with Crippen LogP contribution in [-0.2, 0) is 10.0 Å². The second kappa shape index (κ2) is 9.50. The summed E-state index contributed by atoms with van der Waals surface area (Å²) < 4.78 is 27.2. The summed E-state index contributed by atoms with van der Waals surface area (Å²) in [6, 6.07) is 10.3. The van der Waals surface area contributed by atoms with Crippen molar-refractivity contribution in [2.45, 2.75) is 50.5 Å². The fourth-order valence-electron chi connectivity index (χ4n) is 3.95. The Morgan fingerprint density at radius 2 is 1.83 bits per heavy atom. The Hall–Kier alpha value is -2.25. The van der Waals surface area contributed by atoms with E-state index < -0.39 is 10.0 Å². The summed E-state index contributed by atoms with van der Waals surface area (Å²) in [6.07, 6.45) is 7.49. The number of hydrogen-bond acceptors (Lipinski definition) is 4. The van der Waals surface area contributed by atoms with Gasteiger partial charge < -0.3 is 4.90 Å². The van der Waals surface area contributed by atoms with Crippen LogP contribution in [0.15, 0.2) is 53.7 Å². The molecule has 0 radical (unpaired) electrons. The topological polar surface area (TPSA) is 70.6 Å². The first-order valence-corrected chi connectivity index (χ1v) is 11.7. The van der Waals surface area contributed by atoms with Gasteiger partial charge in [0.05, 0.1) is 10.9 Å². The number of likely N-dealkylation sites (tertiary alicyclic amines) is 1. The number of benzene rings is 1. The van der Waals surface area contributed by atoms with Crippen molar-refractivity contribution >= 4 is 15.9 Å². The van der Waals surface area contributed by atoms with Crippen LogP contribution < -0.4 is 0 Å². The highest BCUT2D eigenvalue weighted by atomic mass is 32.2. The van der Waals surface area contributed by atoms with Gasteiger partial charge in [-0.15, -0.1) is 0 Å². The molecule has 0 aliphatic carbocycles. The molecule has 1 amide bonds. The Kier molecular flexibility index (Phi) is 7.03. The van der Waals surface area contributed by atoms with Crippen LogP contribution in [0.4, 0.5) is 0 Å². The van der Waals surface area contributed by atoms with E-state index in [0.29, 0.717) is 25.2 Å². The lowest BCUT2D eigenvalue weighted by Crippen LogP contribution is -2.35. The van der Waals surface area contributed by atoms with E-state index in [1.807, 2.05) is 30.9 Å². The fourth-order valence-corrected chi connectivity index (χ4v) is 5.46. The lowest BCUT2D eigenvalue weighted by atomic mass is 10.0. The van der Waals surface area contributed by atoms with Gasteiger partial charge in [-0.05, 0) is 48.7 Å². The first-order chi connectivity index (χ1) is 14.0.